The summed E-state index contributed by atoms with van der Waals surface area (Å²) in [5.41, 5.74) is 1.31. The van der Waals surface area contributed by atoms with E-state index in [-0.39, 0.29) is 0 Å². The van der Waals surface area contributed by atoms with E-state index < -0.39 is 0 Å². The largest absolute Gasteiger partial charge is 0.0599 e. The smallest absolute Gasteiger partial charge is 0.0295 e. The first kappa shape index (κ1) is 12.5. The molecule has 2 saturated carbocycles. The summed E-state index contributed by atoms with van der Waals surface area (Å²) in [5.74, 6) is 0.986. The molecule has 1 atom stereocenters. The van der Waals surface area contributed by atoms with Gasteiger partial charge in [-0.2, -0.15) is 0 Å². The van der Waals surface area contributed by atoms with E-state index in [0.717, 1.165) is 11.3 Å². The highest BCUT2D eigenvalue weighted by Gasteiger charge is 2.39. The highest BCUT2D eigenvalue weighted by atomic mass is 14.4. The standard InChI is InChI=1S/C16H30/c1-15(2,3)14-9-8-12-16(13-14)10-6-4-5-7-11-16/h14H,4-13H2,1-3H3. The normalized spacial score (nSPS) is 31.3. The van der Waals surface area contributed by atoms with Crippen molar-refractivity contribution in [2.45, 2.75) is 85.0 Å². The van der Waals surface area contributed by atoms with Crippen LogP contribution in [0.1, 0.15) is 85.0 Å². The second-order valence-electron chi connectivity index (χ2n) is 7.57. The maximum atomic E-state index is 2.45. The van der Waals surface area contributed by atoms with Crippen LogP contribution in [-0.2, 0) is 0 Å². The SMILES string of the molecule is CC(C)(C)C1CCCC2(CCCCCC2)C1. The number of hydrogen-bond donors (Lipinski definition) is 0. The molecule has 0 amide bonds. The fraction of sp³-hybridized carbons (Fsp3) is 1.00. The van der Waals surface area contributed by atoms with Gasteiger partial charge in [-0.25, -0.2) is 0 Å². The molecular formula is C16H30. The van der Waals surface area contributed by atoms with Crippen LogP contribution in [0.25, 0.3) is 0 Å². The summed E-state index contributed by atoms with van der Waals surface area (Å²) in [6.45, 7) is 7.36. The number of hydrogen-bond acceptors (Lipinski definition) is 0. The van der Waals surface area contributed by atoms with Crippen molar-refractivity contribution in [3.63, 3.8) is 0 Å². The van der Waals surface area contributed by atoms with Crippen molar-refractivity contribution in [3.05, 3.63) is 0 Å². The predicted octanol–water partition coefficient (Wildman–Crippen LogP) is 5.56. The molecule has 2 rings (SSSR count). The van der Waals surface area contributed by atoms with Gasteiger partial charge < -0.3 is 0 Å². The Labute approximate surface area is 102 Å². The fourth-order valence-corrected chi connectivity index (χ4v) is 4.12. The first-order valence-electron chi connectivity index (χ1n) is 7.52. The first-order valence-corrected chi connectivity index (χ1v) is 7.52. The monoisotopic (exact) mass is 222 g/mol. The van der Waals surface area contributed by atoms with Crippen LogP contribution < -0.4 is 0 Å². The zero-order valence-corrected chi connectivity index (χ0v) is 11.6. The van der Waals surface area contributed by atoms with E-state index in [0.29, 0.717) is 5.41 Å². The van der Waals surface area contributed by atoms with Crippen LogP contribution in [0.2, 0.25) is 0 Å². The molecule has 0 heterocycles. The Hall–Kier alpha value is 0. The minimum absolute atomic E-state index is 0.541. The van der Waals surface area contributed by atoms with Crippen LogP contribution >= 0.6 is 0 Å². The van der Waals surface area contributed by atoms with Crippen LogP contribution in [0, 0.1) is 16.7 Å². The van der Waals surface area contributed by atoms with E-state index in [1.165, 1.54) is 44.9 Å². The lowest BCUT2D eigenvalue weighted by Gasteiger charge is -2.45. The molecule has 2 aliphatic carbocycles. The lowest BCUT2D eigenvalue weighted by molar-refractivity contribution is 0.0584. The van der Waals surface area contributed by atoms with Gasteiger partial charge >= 0.3 is 0 Å². The van der Waals surface area contributed by atoms with E-state index in [1.807, 2.05) is 0 Å². The van der Waals surface area contributed by atoms with Crippen LogP contribution in [0.4, 0.5) is 0 Å². The molecule has 16 heavy (non-hydrogen) atoms. The molecule has 94 valence electrons. The Morgan fingerprint density at radius 1 is 0.812 bits per heavy atom. The summed E-state index contributed by atoms with van der Waals surface area (Å²) < 4.78 is 0. The average Bonchev–Trinajstić information content (AvgIpc) is 2.43. The molecule has 0 saturated heterocycles. The Morgan fingerprint density at radius 3 is 1.94 bits per heavy atom. The minimum atomic E-state index is 0.541. The summed E-state index contributed by atoms with van der Waals surface area (Å²) in [5, 5.41) is 0. The molecule has 1 spiro atoms. The summed E-state index contributed by atoms with van der Waals surface area (Å²) in [6.07, 6.45) is 15.2. The highest BCUT2D eigenvalue weighted by molar-refractivity contribution is 4.91. The molecule has 0 aromatic heterocycles. The molecule has 0 bridgehead atoms. The van der Waals surface area contributed by atoms with Crippen molar-refractivity contribution < 1.29 is 0 Å². The minimum Gasteiger partial charge on any atom is -0.0599 e. The predicted molar refractivity (Wildman–Crippen MR) is 71.5 cm³/mol. The van der Waals surface area contributed by atoms with Crippen LogP contribution in [0.3, 0.4) is 0 Å². The van der Waals surface area contributed by atoms with Gasteiger partial charge in [0.2, 0.25) is 0 Å². The van der Waals surface area contributed by atoms with Crippen molar-refractivity contribution in [1.29, 1.82) is 0 Å². The maximum absolute atomic E-state index is 2.45. The van der Waals surface area contributed by atoms with Crippen molar-refractivity contribution in [1.82, 2.24) is 0 Å². The Morgan fingerprint density at radius 2 is 1.38 bits per heavy atom. The average molecular weight is 222 g/mol. The highest BCUT2D eigenvalue weighted by Crippen LogP contribution is 2.52. The van der Waals surface area contributed by atoms with Crippen molar-refractivity contribution in [2.75, 3.05) is 0 Å². The van der Waals surface area contributed by atoms with Crippen molar-refractivity contribution in [2.24, 2.45) is 16.7 Å². The van der Waals surface area contributed by atoms with Crippen molar-refractivity contribution >= 4 is 0 Å². The summed E-state index contributed by atoms with van der Waals surface area (Å²) in [7, 11) is 0. The molecule has 0 heteroatoms. The van der Waals surface area contributed by atoms with E-state index in [4.69, 9.17) is 0 Å². The van der Waals surface area contributed by atoms with E-state index in [9.17, 15) is 0 Å². The third kappa shape index (κ3) is 2.81. The summed E-state index contributed by atoms with van der Waals surface area (Å²) in [6, 6.07) is 0. The van der Waals surface area contributed by atoms with Gasteiger partial charge in [0.25, 0.3) is 0 Å². The van der Waals surface area contributed by atoms with Crippen LogP contribution in [0.5, 0.6) is 0 Å². The van der Waals surface area contributed by atoms with Gasteiger partial charge in [0.15, 0.2) is 0 Å². The van der Waals surface area contributed by atoms with Gasteiger partial charge in [-0.05, 0) is 48.9 Å². The summed E-state index contributed by atoms with van der Waals surface area (Å²) >= 11 is 0. The molecule has 2 fully saturated rings. The quantitative estimate of drug-likeness (QED) is 0.503. The van der Waals surface area contributed by atoms with Gasteiger partial charge in [-0.15, -0.1) is 0 Å². The molecule has 2 aliphatic rings. The van der Waals surface area contributed by atoms with Crippen LogP contribution in [-0.4, -0.2) is 0 Å². The molecule has 0 aromatic carbocycles. The van der Waals surface area contributed by atoms with Crippen molar-refractivity contribution in [3.8, 4) is 0 Å². The Bertz CT molecular complexity index is 213. The molecule has 0 aliphatic heterocycles. The fourth-order valence-electron chi connectivity index (χ4n) is 4.12. The summed E-state index contributed by atoms with van der Waals surface area (Å²) in [4.78, 5) is 0. The Kier molecular flexibility index (Phi) is 3.66. The molecule has 0 radical (unpaired) electrons. The molecule has 1 unspecified atom stereocenters. The molecule has 0 aromatic rings. The Balaban J connectivity index is 2.04. The third-order valence-corrected chi connectivity index (χ3v) is 5.33. The third-order valence-electron chi connectivity index (χ3n) is 5.33. The van der Waals surface area contributed by atoms with E-state index in [1.54, 1.807) is 19.3 Å². The zero-order chi connectivity index (χ0) is 11.6. The second kappa shape index (κ2) is 4.70. The van der Waals surface area contributed by atoms with E-state index >= 15 is 0 Å². The lowest BCUT2D eigenvalue weighted by Crippen LogP contribution is -2.34. The van der Waals surface area contributed by atoms with Gasteiger partial charge in [-0.3, -0.25) is 0 Å². The maximum Gasteiger partial charge on any atom is -0.0295 e. The first-order chi connectivity index (χ1) is 7.52. The van der Waals surface area contributed by atoms with E-state index in [2.05, 4.69) is 20.8 Å². The van der Waals surface area contributed by atoms with Gasteiger partial charge in [0.05, 0.1) is 0 Å². The van der Waals surface area contributed by atoms with Gasteiger partial charge in [0.1, 0.15) is 0 Å². The lowest BCUT2D eigenvalue weighted by atomic mass is 9.60. The molecule has 0 nitrogen and oxygen atoms in total. The number of rotatable bonds is 0. The van der Waals surface area contributed by atoms with Gasteiger partial charge in [0, 0.05) is 0 Å². The second-order valence-corrected chi connectivity index (χ2v) is 7.57. The molecular weight excluding hydrogens is 192 g/mol. The topological polar surface area (TPSA) is 0 Å². The zero-order valence-electron chi connectivity index (χ0n) is 11.6. The molecule has 0 N–H and O–H groups in total. The van der Waals surface area contributed by atoms with Gasteiger partial charge in [-0.1, -0.05) is 52.9 Å². The van der Waals surface area contributed by atoms with Crippen LogP contribution in [0.15, 0.2) is 0 Å².